The maximum atomic E-state index is 13.3. The van der Waals surface area contributed by atoms with Gasteiger partial charge in [0.05, 0.1) is 40.0 Å². The van der Waals surface area contributed by atoms with Crippen LogP contribution < -0.4 is 14.4 Å². The first kappa shape index (κ1) is 27.9. The van der Waals surface area contributed by atoms with Gasteiger partial charge in [0.15, 0.2) is 0 Å². The Morgan fingerprint density at radius 2 is 2.05 bits per heavy atom. The first-order chi connectivity index (χ1) is 19.1. The van der Waals surface area contributed by atoms with Crippen LogP contribution in [0.25, 0.3) is 0 Å². The number of carbonyl (C=O) groups is 1. The zero-order valence-electron chi connectivity index (χ0n) is 23.1. The minimum absolute atomic E-state index is 0.193. The van der Waals surface area contributed by atoms with E-state index >= 15 is 0 Å². The van der Waals surface area contributed by atoms with Gasteiger partial charge in [-0.1, -0.05) is 17.7 Å². The summed E-state index contributed by atoms with van der Waals surface area (Å²) >= 11 is 6.38. The van der Waals surface area contributed by atoms with Crippen LogP contribution >= 0.6 is 11.6 Å². The number of halogens is 1. The summed E-state index contributed by atoms with van der Waals surface area (Å²) in [5.41, 5.74) is 3.63. The molecule has 1 amide bonds. The Labute approximate surface area is 242 Å². The molecule has 1 spiro atoms. The molecule has 6 atom stereocenters. The fourth-order valence-corrected chi connectivity index (χ4v) is 8.10. The SMILES string of the molecule is C=S1(=O)NC(=O)c2ccc3c(c2)N(C[C@@H]2CC[C@H]2[C@@H](O)CCOC[C@H]1C)C[C@@]1(CCCc2cc(Cl)ccc21)CO3. The molecule has 40 heavy (non-hydrogen) atoms. The van der Waals surface area contributed by atoms with Crippen LogP contribution in [0, 0.1) is 11.8 Å². The Bertz CT molecular complexity index is 1400. The topological polar surface area (TPSA) is 88.1 Å². The largest absolute Gasteiger partial charge is 0.490 e. The fourth-order valence-electron chi connectivity index (χ4n) is 6.96. The highest BCUT2D eigenvalue weighted by Crippen LogP contribution is 2.46. The van der Waals surface area contributed by atoms with Crippen molar-refractivity contribution in [3.05, 3.63) is 58.1 Å². The second-order valence-corrected chi connectivity index (χ2v) is 15.1. The van der Waals surface area contributed by atoms with E-state index in [4.69, 9.17) is 21.1 Å². The quantitative estimate of drug-likeness (QED) is 0.446. The highest BCUT2D eigenvalue weighted by molar-refractivity contribution is 7.99. The van der Waals surface area contributed by atoms with Crippen molar-refractivity contribution in [1.29, 1.82) is 0 Å². The first-order valence-corrected chi connectivity index (χ1v) is 16.6. The van der Waals surface area contributed by atoms with Gasteiger partial charge >= 0.3 is 0 Å². The summed E-state index contributed by atoms with van der Waals surface area (Å²) in [6.45, 7) is 4.38. The fraction of sp³-hybridized carbons (Fsp3) is 0.548. The molecule has 7 nitrogen and oxygen atoms in total. The van der Waals surface area contributed by atoms with Crippen LogP contribution in [-0.2, 0) is 26.3 Å². The molecule has 1 unspecified atom stereocenters. The predicted molar refractivity (Wildman–Crippen MR) is 160 cm³/mol. The molecule has 2 aliphatic carbocycles. The number of anilines is 1. The zero-order valence-corrected chi connectivity index (χ0v) is 24.6. The van der Waals surface area contributed by atoms with E-state index in [0.717, 1.165) is 61.7 Å². The van der Waals surface area contributed by atoms with Gasteiger partial charge in [-0.3, -0.25) is 9.52 Å². The molecule has 0 aromatic heterocycles. The average molecular weight is 587 g/mol. The maximum absolute atomic E-state index is 13.3. The minimum Gasteiger partial charge on any atom is -0.490 e. The minimum atomic E-state index is -2.95. The molecule has 0 radical (unpaired) electrons. The highest BCUT2D eigenvalue weighted by Gasteiger charge is 2.44. The maximum Gasteiger partial charge on any atom is 0.262 e. The third-order valence-electron chi connectivity index (χ3n) is 9.55. The molecule has 0 saturated heterocycles. The Morgan fingerprint density at radius 1 is 1.20 bits per heavy atom. The van der Waals surface area contributed by atoms with E-state index in [1.807, 2.05) is 18.2 Å². The molecule has 2 aromatic carbocycles. The molecule has 4 aliphatic rings. The van der Waals surface area contributed by atoms with Gasteiger partial charge < -0.3 is 19.5 Å². The van der Waals surface area contributed by atoms with Crippen molar-refractivity contribution < 1.29 is 23.6 Å². The number of hydrogen-bond donors (Lipinski definition) is 2. The van der Waals surface area contributed by atoms with E-state index in [0.29, 0.717) is 31.1 Å². The summed E-state index contributed by atoms with van der Waals surface area (Å²) in [6.07, 6.45) is 5.16. The average Bonchev–Trinajstić information content (AvgIpc) is 3.05. The number of aryl methyl sites for hydroxylation is 1. The summed E-state index contributed by atoms with van der Waals surface area (Å²) in [6, 6.07) is 11.7. The number of nitrogens with zero attached hydrogens (tertiary/aromatic N) is 1. The van der Waals surface area contributed by atoms with Crippen LogP contribution in [0.15, 0.2) is 36.4 Å². The molecule has 216 valence electrons. The second kappa shape index (κ2) is 10.9. The summed E-state index contributed by atoms with van der Waals surface area (Å²) in [5, 5.41) is 11.3. The van der Waals surface area contributed by atoms with E-state index in [1.54, 1.807) is 13.0 Å². The summed E-state index contributed by atoms with van der Waals surface area (Å²) < 4.78 is 28.3. The van der Waals surface area contributed by atoms with E-state index in [1.165, 1.54) is 11.1 Å². The van der Waals surface area contributed by atoms with Crippen LogP contribution in [0.3, 0.4) is 0 Å². The third kappa shape index (κ3) is 5.24. The van der Waals surface area contributed by atoms with Crippen LogP contribution in [0.2, 0.25) is 5.02 Å². The van der Waals surface area contributed by atoms with E-state index in [9.17, 15) is 14.1 Å². The Balaban J connectivity index is 1.41. The van der Waals surface area contributed by atoms with Crippen LogP contribution in [0.5, 0.6) is 5.75 Å². The summed E-state index contributed by atoms with van der Waals surface area (Å²) in [5.74, 6) is 4.67. The number of rotatable bonds is 0. The van der Waals surface area contributed by atoms with Gasteiger partial charge in [-0.25, -0.2) is 4.21 Å². The summed E-state index contributed by atoms with van der Waals surface area (Å²) in [7, 11) is -2.95. The van der Waals surface area contributed by atoms with Gasteiger partial charge in [-0.05, 0) is 105 Å². The molecule has 2 N–H and O–H groups in total. The van der Waals surface area contributed by atoms with Gasteiger partial charge in [-0.2, -0.15) is 0 Å². The van der Waals surface area contributed by atoms with Gasteiger partial charge in [-0.15, -0.1) is 0 Å². The van der Waals surface area contributed by atoms with Gasteiger partial charge in [0, 0.05) is 35.7 Å². The lowest BCUT2D eigenvalue weighted by Gasteiger charge is -2.45. The van der Waals surface area contributed by atoms with Crippen molar-refractivity contribution in [3.63, 3.8) is 0 Å². The number of fused-ring (bicyclic) bond motifs is 4. The number of aliphatic hydroxyl groups is 1. The van der Waals surface area contributed by atoms with Crippen LogP contribution in [0.1, 0.15) is 60.5 Å². The van der Waals surface area contributed by atoms with Gasteiger partial charge in [0.2, 0.25) is 0 Å². The second-order valence-electron chi connectivity index (χ2n) is 12.2. The van der Waals surface area contributed by atoms with E-state index < -0.39 is 27.0 Å². The standard InChI is InChI=1S/C31H39ClN2O5S/c1-20-17-38-13-11-28(35)25-8-5-23(25)16-34-18-31(12-3-4-21-14-24(32)7-9-26(21)31)19-39-29-10-6-22(15-27(29)34)30(36)33-40(20,2)37/h6-7,9-10,14-15,20,23,25,28,35H,2-5,8,11-13,16-19H2,1H3,(H,33,36,37)/t20-,23+,25-,28+,31+,40?/m1/s1. The number of benzene rings is 2. The molecule has 9 heteroatoms. The van der Waals surface area contributed by atoms with Crippen molar-refractivity contribution in [3.8, 4) is 5.75 Å². The molecule has 1 saturated carbocycles. The molecule has 1 fully saturated rings. The van der Waals surface area contributed by atoms with Gasteiger partial charge in [0.1, 0.15) is 5.75 Å². The number of carbonyl (C=O) groups excluding carboxylic acids is 1. The van der Waals surface area contributed by atoms with E-state index in [-0.39, 0.29) is 17.9 Å². The monoisotopic (exact) mass is 586 g/mol. The summed E-state index contributed by atoms with van der Waals surface area (Å²) in [4.78, 5) is 15.7. The van der Waals surface area contributed by atoms with Crippen molar-refractivity contribution in [1.82, 2.24) is 4.72 Å². The lowest BCUT2D eigenvalue weighted by Crippen LogP contribution is -2.49. The number of ether oxygens (including phenoxy) is 2. The van der Waals surface area contributed by atoms with Crippen LogP contribution in [-0.4, -0.2) is 65.4 Å². The smallest absolute Gasteiger partial charge is 0.262 e. The van der Waals surface area contributed by atoms with Gasteiger partial charge in [0.25, 0.3) is 5.91 Å². The molecule has 2 bridgehead atoms. The lowest BCUT2D eigenvalue weighted by molar-refractivity contribution is -0.00807. The molecular weight excluding hydrogens is 548 g/mol. The lowest BCUT2D eigenvalue weighted by atomic mass is 9.68. The highest BCUT2D eigenvalue weighted by atomic mass is 35.5. The van der Waals surface area contributed by atoms with Crippen molar-refractivity contribution in [2.75, 3.05) is 37.8 Å². The normalized spacial score (nSPS) is 34.5. The number of aliphatic hydroxyl groups excluding tert-OH is 1. The molecule has 2 heterocycles. The molecular formula is C31H39ClN2O5S. The first-order valence-electron chi connectivity index (χ1n) is 14.4. The van der Waals surface area contributed by atoms with Crippen molar-refractivity contribution >= 4 is 38.8 Å². The molecule has 2 aromatic rings. The van der Waals surface area contributed by atoms with Crippen LogP contribution in [0.4, 0.5) is 5.69 Å². The third-order valence-corrected chi connectivity index (χ3v) is 11.8. The molecule has 6 rings (SSSR count). The Morgan fingerprint density at radius 3 is 2.85 bits per heavy atom. The Hall–Kier alpha value is -2.26. The Kier molecular flexibility index (Phi) is 7.57. The number of amides is 1. The van der Waals surface area contributed by atoms with Crippen molar-refractivity contribution in [2.45, 2.75) is 62.2 Å². The predicted octanol–water partition coefficient (Wildman–Crippen LogP) is 4.37. The van der Waals surface area contributed by atoms with E-state index in [2.05, 4.69) is 27.6 Å². The molecule has 2 aliphatic heterocycles. The van der Waals surface area contributed by atoms with Crippen molar-refractivity contribution in [2.24, 2.45) is 11.8 Å². The number of hydrogen-bond acceptors (Lipinski definition) is 6. The number of nitrogens with one attached hydrogen (secondary N) is 1. The zero-order chi connectivity index (χ0) is 28.1.